The summed E-state index contributed by atoms with van der Waals surface area (Å²) in [4.78, 5) is 24.2. The van der Waals surface area contributed by atoms with E-state index in [9.17, 15) is 9.59 Å². The number of benzene rings is 1. The van der Waals surface area contributed by atoms with Crippen molar-refractivity contribution in [1.29, 1.82) is 0 Å². The molecule has 116 valence electrons. The minimum absolute atomic E-state index is 0.347. The molecule has 0 aliphatic heterocycles. The number of hydrogen-bond donors (Lipinski definition) is 2. The Morgan fingerprint density at radius 2 is 1.95 bits per heavy atom. The molecule has 7 heteroatoms. The lowest BCUT2D eigenvalue weighted by molar-refractivity contribution is -0.146. The van der Waals surface area contributed by atoms with Gasteiger partial charge in [-0.25, -0.2) is 9.59 Å². The number of likely N-dealkylation sites (N-methyl/N-ethyl adjacent to an activating group) is 1. The summed E-state index contributed by atoms with van der Waals surface area (Å²) in [7, 11) is 1.44. The lowest BCUT2D eigenvalue weighted by Crippen LogP contribution is -2.54. The predicted octanol–water partition coefficient (Wildman–Crippen LogP) is 3.04. The van der Waals surface area contributed by atoms with Crippen molar-refractivity contribution in [3.8, 4) is 0 Å². The number of carbonyl (C=O) groups is 2. The Bertz CT molecular complexity index is 547. The van der Waals surface area contributed by atoms with E-state index in [1.54, 1.807) is 18.2 Å². The van der Waals surface area contributed by atoms with E-state index in [2.05, 4.69) is 5.32 Å². The number of rotatable bonds is 5. The van der Waals surface area contributed by atoms with Crippen LogP contribution in [-0.2, 0) is 11.2 Å². The van der Waals surface area contributed by atoms with Gasteiger partial charge in [-0.2, -0.15) is 0 Å². The number of carboxylic acids is 1. The largest absolute Gasteiger partial charge is 0.480 e. The van der Waals surface area contributed by atoms with Crippen LogP contribution in [0.5, 0.6) is 0 Å². The van der Waals surface area contributed by atoms with Gasteiger partial charge in [-0.05, 0) is 38.0 Å². The van der Waals surface area contributed by atoms with Gasteiger partial charge < -0.3 is 15.3 Å². The summed E-state index contributed by atoms with van der Waals surface area (Å²) in [5.41, 5.74) is -0.413. The molecule has 1 rings (SSSR count). The second kappa shape index (κ2) is 7.00. The summed E-state index contributed by atoms with van der Waals surface area (Å²) >= 11 is 11.8. The van der Waals surface area contributed by atoms with Gasteiger partial charge in [-0.1, -0.05) is 29.3 Å². The molecule has 5 nitrogen and oxygen atoms in total. The summed E-state index contributed by atoms with van der Waals surface area (Å²) in [5, 5.41) is 12.8. The first-order valence-corrected chi connectivity index (χ1v) is 7.11. The topological polar surface area (TPSA) is 69.6 Å². The molecule has 1 aromatic rings. The van der Waals surface area contributed by atoms with Gasteiger partial charge in [0.15, 0.2) is 0 Å². The van der Waals surface area contributed by atoms with Crippen LogP contribution >= 0.6 is 23.2 Å². The Kier molecular flexibility index (Phi) is 5.87. The molecule has 0 atom stereocenters. The Balaban J connectivity index is 2.56. The predicted molar refractivity (Wildman–Crippen MR) is 83.0 cm³/mol. The Hall–Kier alpha value is -1.46. The van der Waals surface area contributed by atoms with Crippen LogP contribution in [0.15, 0.2) is 18.2 Å². The molecule has 0 aromatic heterocycles. The van der Waals surface area contributed by atoms with Crippen molar-refractivity contribution in [3.05, 3.63) is 33.8 Å². The number of urea groups is 1. The molecule has 0 aliphatic carbocycles. The molecular formula is C14H18Cl2N2O3. The highest BCUT2D eigenvalue weighted by atomic mass is 35.5. The first-order valence-electron chi connectivity index (χ1n) is 6.35. The van der Waals surface area contributed by atoms with Gasteiger partial charge in [0, 0.05) is 23.6 Å². The summed E-state index contributed by atoms with van der Waals surface area (Å²) in [6, 6.07) is 4.71. The van der Waals surface area contributed by atoms with Gasteiger partial charge >= 0.3 is 12.0 Å². The van der Waals surface area contributed by atoms with Gasteiger partial charge in [0.1, 0.15) is 5.54 Å². The monoisotopic (exact) mass is 332 g/mol. The molecule has 0 unspecified atom stereocenters. The molecular weight excluding hydrogens is 315 g/mol. The average molecular weight is 333 g/mol. The molecule has 2 N–H and O–H groups in total. The van der Waals surface area contributed by atoms with Crippen LogP contribution in [0.1, 0.15) is 19.4 Å². The fourth-order valence-corrected chi connectivity index (χ4v) is 2.05. The van der Waals surface area contributed by atoms with Gasteiger partial charge in [0.05, 0.1) is 0 Å². The molecule has 21 heavy (non-hydrogen) atoms. The Morgan fingerprint density at radius 1 is 1.33 bits per heavy atom. The number of nitrogens with zero attached hydrogens (tertiary/aromatic N) is 1. The van der Waals surface area contributed by atoms with Crippen molar-refractivity contribution < 1.29 is 14.7 Å². The van der Waals surface area contributed by atoms with Gasteiger partial charge in [-0.15, -0.1) is 0 Å². The highest BCUT2D eigenvalue weighted by molar-refractivity contribution is 6.35. The normalized spacial score (nSPS) is 11.1. The molecule has 0 radical (unpaired) electrons. The smallest absolute Gasteiger partial charge is 0.329 e. The van der Waals surface area contributed by atoms with Gasteiger partial charge in [-0.3, -0.25) is 0 Å². The number of aliphatic carboxylic acids is 1. The second-order valence-corrected chi connectivity index (χ2v) is 5.98. The number of hydrogen-bond acceptors (Lipinski definition) is 2. The van der Waals surface area contributed by atoms with Crippen molar-refractivity contribution in [1.82, 2.24) is 10.2 Å². The molecule has 1 aromatic carbocycles. The van der Waals surface area contributed by atoms with E-state index in [1.807, 2.05) is 0 Å². The summed E-state index contributed by atoms with van der Waals surface area (Å²) in [6.07, 6.45) is 0.531. The average Bonchev–Trinajstić information content (AvgIpc) is 2.39. The van der Waals surface area contributed by atoms with Crippen molar-refractivity contribution >= 4 is 35.2 Å². The van der Waals surface area contributed by atoms with E-state index in [1.165, 1.54) is 20.9 Å². The number of halogens is 2. The molecule has 0 saturated carbocycles. The van der Waals surface area contributed by atoms with Crippen molar-refractivity contribution in [2.75, 3.05) is 13.6 Å². The summed E-state index contributed by atoms with van der Waals surface area (Å²) in [5.74, 6) is -1.07. The van der Waals surface area contributed by atoms with Crippen molar-refractivity contribution in [3.63, 3.8) is 0 Å². The number of nitrogens with one attached hydrogen (secondary N) is 1. The number of carboxylic acid groups (broad SMARTS) is 1. The third-order valence-electron chi connectivity index (χ3n) is 3.35. The maximum absolute atomic E-state index is 11.9. The van der Waals surface area contributed by atoms with Crippen LogP contribution in [0.25, 0.3) is 0 Å². The molecule has 0 bridgehead atoms. The first-order chi connectivity index (χ1) is 9.66. The molecule has 0 saturated heterocycles. The van der Waals surface area contributed by atoms with Crippen LogP contribution in [0, 0.1) is 0 Å². The third-order valence-corrected chi connectivity index (χ3v) is 3.94. The highest BCUT2D eigenvalue weighted by Gasteiger charge is 2.35. The van der Waals surface area contributed by atoms with Gasteiger partial charge in [0.25, 0.3) is 0 Å². The lowest BCUT2D eigenvalue weighted by Gasteiger charge is -2.31. The van der Waals surface area contributed by atoms with E-state index in [0.29, 0.717) is 23.0 Å². The zero-order chi connectivity index (χ0) is 16.2. The van der Waals surface area contributed by atoms with Crippen LogP contribution in [-0.4, -0.2) is 41.1 Å². The van der Waals surface area contributed by atoms with Crippen LogP contribution in [0.2, 0.25) is 10.0 Å². The maximum atomic E-state index is 11.9. The fourth-order valence-electron chi connectivity index (χ4n) is 1.54. The highest BCUT2D eigenvalue weighted by Crippen LogP contribution is 2.21. The molecule has 0 heterocycles. The fraction of sp³-hybridized carbons (Fsp3) is 0.429. The first kappa shape index (κ1) is 17.6. The molecule has 0 fully saturated rings. The zero-order valence-corrected chi connectivity index (χ0v) is 13.6. The Labute approximate surface area is 133 Å². The van der Waals surface area contributed by atoms with E-state index in [0.717, 1.165) is 10.5 Å². The van der Waals surface area contributed by atoms with E-state index in [-0.39, 0.29) is 0 Å². The maximum Gasteiger partial charge on any atom is 0.329 e. The van der Waals surface area contributed by atoms with Crippen LogP contribution < -0.4 is 5.32 Å². The lowest BCUT2D eigenvalue weighted by atomic mass is 10.1. The minimum atomic E-state index is -1.28. The minimum Gasteiger partial charge on any atom is -0.480 e. The standard InChI is InChI=1S/C14H18Cl2N2O3/c1-14(2,12(19)20)18(3)13(21)17-7-6-9-4-5-10(15)8-11(9)16/h4-5,8H,6-7H2,1-3H3,(H,17,21)(H,19,20). The van der Waals surface area contributed by atoms with Crippen molar-refractivity contribution in [2.24, 2.45) is 0 Å². The van der Waals surface area contributed by atoms with Crippen LogP contribution in [0.4, 0.5) is 4.79 Å². The quantitative estimate of drug-likeness (QED) is 0.870. The summed E-state index contributed by atoms with van der Waals surface area (Å²) < 4.78 is 0. The zero-order valence-electron chi connectivity index (χ0n) is 12.1. The van der Waals surface area contributed by atoms with E-state index in [4.69, 9.17) is 28.3 Å². The third kappa shape index (κ3) is 4.51. The summed E-state index contributed by atoms with van der Waals surface area (Å²) in [6.45, 7) is 3.27. The van der Waals surface area contributed by atoms with Gasteiger partial charge in [0.2, 0.25) is 0 Å². The van der Waals surface area contributed by atoms with Crippen LogP contribution in [0.3, 0.4) is 0 Å². The molecule has 2 amide bonds. The van der Waals surface area contributed by atoms with E-state index < -0.39 is 17.5 Å². The van der Waals surface area contributed by atoms with Crippen molar-refractivity contribution in [2.45, 2.75) is 25.8 Å². The number of carbonyl (C=O) groups excluding carboxylic acids is 1. The van der Waals surface area contributed by atoms with E-state index >= 15 is 0 Å². The molecule has 0 aliphatic rings. The molecule has 0 spiro atoms. The number of amides is 2. The SMILES string of the molecule is CN(C(=O)NCCc1ccc(Cl)cc1Cl)C(C)(C)C(=O)O. The Morgan fingerprint density at radius 3 is 2.48 bits per heavy atom. The second-order valence-electron chi connectivity index (χ2n) is 5.14.